The van der Waals surface area contributed by atoms with Crippen LogP contribution in [-0.4, -0.2) is 38.4 Å². The Morgan fingerprint density at radius 3 is 1.72 bits per heavy atom. The van der Waals surface area contributed by atoms with Gasteiger partial charge in [0.1, 0.15) is 0 Å². The fourth-order valence-corrected chi connectivity index (χ4v) is 8.49. The molecule has 1 rings (SSSR count). The summed E-state index contributed by atoms with van der Waals surface area (Å²) in [6.07, 6.45) is 1.90. The maximum Gasteiger partial charge on any atom is 0.345 e. The van der Waals surface area contributed by atoms with Gasteiger partial charge in [-0.25, -0.2) is 0 Å². The lowest BCUT2D eigenvalue weighted by molar-refractivity contribution is 0.193. The smallest absolute Gasteiger partial charge is 0.313 e. The van der Waals surface area contributed by atoms with Crippen molar-refractivity contribution in [3.8, 4) is 0 Å². The minimum absolute atomic E-state index is 0.199. The van der Waals surface area contributed by atoms with E-state index in [9.17, 15) is 9.13 Å². The van der Waals surface area contributed by atoms with Gasteiger partial charge in [0.15, 0.2) is 5.40 Å². The molecule has 9 heteroatoms. The maximum atomic E-state index is 13.4. The molecule has 0 aromatic heterocycles. The van der Waals surface area contributed by atoms with E-state index in [1.807, 2.05) is 18.2 Å². The molecule has 0 radical (unpaired) electrons. The number of nitrogens with one attached hydrogen (secondary N) is 1. The Balaban J connectivity index is 2.75. The number of hydrogen-bond acceptors (Lipinski definition) is 7. The molecule has 168 valence electrons. The summed E-state index contributed by atoms with van der Waals surface area (Å²) in [5, 5.41) is 2.46. The highest BCUT2D eigenvalue weighted by Gasteiger charge is 2.50. The summed E-state index contributed by atoms with van der Waals surface area (Å²) >= 11 is 0. The van der Waals surface area contributed by atoms with Crippen LogP contribution in [0.25, 0.3) is 0 Å². The molecule has 1 N–H and O–H groups in total. The van der Waals surface area contributed by atoms with E-state index in [4.69, 9.17) is 18.1 Å². The van der Waals surface area contributed by atoms with Crippen molar-refractivity contribution in [3.05, 3.63) is 35.9 Å². The van der Waals surface area contributed by atoms with Gasteiger partial charge in [0, 0.05) is 6.54 Å². The topological polar surface area (TPSA) is 83.1 Å². The molecule has 0 atom stereocenters. The predicted octanol–water partition coefficient (Wildman–Crippen LogP) is 5.80. The van der Waals surface area contributed by atoms with Crippen molar-refractivity contribution in [3.63, 3.8) is 0 Å². The Hall–Kier alpha value is -0.520. The molecule has 0 saturated carbocycles. The van der Waals surface area contributed by atoms with Crippen molar-refractivity contribution < 1.29 is 27.2 Å². The highest BCUT2D eigenvalue weighted by Crippen LogP contribution is 2.71. The first kappa shape index (κ1) is 26.5. The van der Waals surface area contributed by atoms with Gasteiger partial charge in [-0.1, -0.05) is 36.8 Å². The Morgan fingerprint density at radius 2 is 1.28 bits per heavy atom. The number of hydrogen-bond donors (Lipinski definition) is 1. The van der Waals surface area contributed by atoms with Crippen LogP contribution in [0.15, 0.2) is 30.3 Å². The molecule has 7 nitrogen and oxygen atoms in total. The molecule has 0 amide bonds. The molecule has 0 unspecified atom stereocenters. The van der Waals surface area contributed by atoms with E-state index >= 15 is 0 Å². The molecule has 0 aliphatic carbocycles. The van der Waals surface area contributed by atoms with Crippen molar-refractivity contribution in [2.45, 2.75) is 58.9 Å². The van der Waals surface area contributed by atoms with E-state index in [0.717, 1.165) is 19.5 Å². The zero-order valence-corrected chi connectivity index (χ0v) is 20.0. The van der Waals surface area contributed by atoms with Gasteiger partial charge >= 0.3 is 15.2 Å². The Bertz CT molecular complexity index is 593. The third-order valence-electron chi connectivity index (χ3n) is 4.20. The van der Waals surface area contributed by atoms with E-state index in [1.165, 1.54) is 5.56 Å². The summed E-state index contributed by atoms with van der Waals surface area (Å²) in [4.78, 5) is 0. The van der Waals surface area contributed by atoms with Crippen molar-refractivity contribution in [1.29, 1.82) is 0 Å². The Morgan fingerprint density at radius 1 is 0.793 bits per heavy atom. The first-order valence-electron chi connectivity index (χ1n) is 10.5. The fourth-order valence-electron chi connectivity index (χ4n) is 3.03. The average Bonchev–Trinajstić information content (AvgIpc) is 2.68. The van der Waals surface area contributed by atoms with Gasteiger partial charge in [-0.15, -0.1) is 0 Å². The summed E-state index contributed by atoms with van der Waals surface area (Å²) in [6.45, 7) is 9.33. The molecular formula is C20H37NO6P2. The summed E-state index contributed by atoms with van der Waals surface area (Å²) < 4.78 is 48.8. The van der Waals surface area contributed by atoms with Gasteiger partial charge in [0.25, 0.3) is 0 Å². The number of unbranched alkanes of at least 4 members (excludes halogenated alkanes) is 1. The standard InChI is InChI=1S/C20H37NO6P2/c1-5-24-28(22,25-6-2)20(29(23,26-7-3)27-8-4)16-12-13-17-21-18-19-14-10-9-11-15-19/h9-11,14-15,20-21H,5-8,12-13,16-18H2,1-4H3. The van der Waals surface area contributed by atoms with E-state index in [0.29, 0.717) is 12.8 Å². The lowest BCUT2D eigenvalue weighted by atomic mass is 10.2. The highest BCUT2D eigenvalue weighted by atomic mass is 31.2. The normalized spacial score (nSPS) is 12.6. The van der Waals surface area contributed by atoms with Crippen LogP contribution in [0, 0.1) is 0 Å². The molecule has 0 fully saturated rings. The molecular weight excluding hydrogens is 412 g/mol. The zero-order chi connectivity index (χ0) is 21.6. The third kappa shape index (κ3) is 9.02. The molecule has 0 saturated heterocycles. The van der Waals surface area contributed by atoms with Gasteiger partial charge in [-0.2, -0.15) is 0 Å². The predicted molar refractivity (Wildman–Crippen MR) is 118 cm³/mol. The van der Waals surface area contributed by atoms with Crippen molar-refractivity contribution in [1.82, 2.24) is 5.32 Å². The maximum absolute atomic E-state index is 13.4. The van der Waals surface area contributed by atoms with E-state index in [2.05, 4.69) is 17.4 Å². The SMILES string of the molecule is CCOP(=O)(OCC)C(CCCCNCc1ccccc1)P(=O)(OCC)OCC. The number of rotatable bonds is 17. The van der Waals surface area contributed by atoms with Gasteiger partial charge in [0.05, 0.1) is 26.4 Å². The van der Waals surface area contributed by atoms with E-state index in [1.54, 1.807) is 27.7 Å². The van der Waals surface area contributed by atoms with Gasteiger partial charge < -0.3 is 23.4 Å². The highest BCUT2D eigenvalue weighted by molar-refractivity contribution is 7.72. The second-order valence-corrected chi connectivity index (χ2v) is 11.2. The second kappa shape index (κ2) is 14.5. The first-order valence-corrected chi connectivity index (χ1v) is 13.7. The van der Waals surface area contributed by atoms with Crippen LogP contribution in [0.3, 0.4) is 0 Å². The fraction of sp³-hybridized carbons (Fsp3) is 0.700. The minimum atomic E-state index is -3.65. The minimum Gasteiger partial charge on any atom is -0.313 e. The third-order valence-corrected chi connectivity index (χ3v) is 10.3. The molecule has 0 aliphatic rings. The van der Waals surface area contributed by atoms with Crippen LogP contribution < -0.4 is 5.32 Å². The van der Waals surface area contributed by atoms with Crippen LogP contribution in [0.4, 0.5) is 0 Å². The van der Waals surface area contributed by atoms with Gasteiger partial charge in [-0.3, -0.25) is 9.13 Å². The largest absolute Gasteiger partial charge is 0.345 e. The van der Waals surface area contributed by atoms with Crippen LogP contribution in [0.5, 0.6) is 0 Å². The molecule has 29 heavy (non-hydrogen) atoms. The van der Waals surface area contributed by atoms with Crippen LogP contribution in [0.2, 0.25) is 0 Å². The van der Waals surface area contributed by atoms with Crippen molar-refractivity contribution >= 4 is 15.2 Å². The molecule has 1 aromatic rings. The molecule has 0 bridgehead atoms. The lowest BCUT2D eigenvalue weighted by Gasteiger charge is -2.31. The quantitative estimate of drug-likeness (QED) is 0.238. The van der Waals surface area contributed by atoms with Crippen molar-refractivity contribution in [2.24, 2.45) is 0 Å². The van der Waals surface area contributed by atoms with Crippen molar-refractivity contribution in [2.75, 3.05) is 33.0 Å². The Labute approximate surface area is 175 Å². The molecule has 0 spiro atoms. The van der Waals surface area contributed by atoms with Gasteiger partial charge in [0.2, 0.25) is 0 Å². The summed E-state index contributed by atoms with van der Waals surface area (Å²) in [6, 6.07) is 10.2. The first-order chi connectivity index (χ1) is 14.0. The van der Waals surface area contributed by atoms with Crippen LogP contribution in [-0.2, 0) is 33.8 Å². The molecule has 0 aliphatic heterocycles. The van der Waals surface area contributed by atoms with Crippen LogP contribution in [0.1, 0.15) is 52.5 Å². The Kier molecular flexibility index (Phi) is 13.2. The number of benzene rings is 1. The lowest BCUT2D eigenvalue weighted by Crippen LogP contribution is -2.19. The van der Waals surface area contributed by atoms with Crippen LogP contribution >= 0.6 is 15.2 Å². The van der Waals surface area contributed by atoms with E-state index < -0.39 is 20.6 Å². The average molecular weight is 449 g/mol. The molecule has 1 aromatic carbocycles. The van der Waals surface area contributed by atoms with E-state index in [-0.39, 0.29) is 26.4 Å². The van der Waals surface area contributed by atoms with Gasteiger partial charge in [-0.05, 0) is 52.6 Å². The second-order valence-electron chi connectivity index (χ2n) is 6.39. The molecule has 0 heterocycles. The zero-order valence-electron chi connectivity index (χ0n) is 18.2. The monoisotopic (exact) mass is 449 g/mol. The summed E-state index contributed by atoms with van der Waals surface area (Å²) in [7, 11) is -7.29. The summed E-state index contributed by atoms with van der Waals surface area (Å²) in [5.74, 6) is 0. The summed E-state index contributed by atoms with van der Waals surface area (Å²) in [5.41, 5.74) is 1.22.